The number of hydrogen-bond donors (Lipinski definition) is 1. The molecule has 94 valence electrons. The lowest BCUT2D eigenvalue weighted by molar-refractivity contribution is 0.470. The van der Waals surface area contributed by atoms with E-state index >= 15 is 0 Å². The molecule has 0 aliphatic rings. The summed E-state index contributed by atoms with van der Waals surface area (Å²) in [4.78, 5) is 0. The first kappa shape index (κ1) is 13.7. The summed E-state index contributed by atoms with van der Waals surface area (Å²) < 4.78 is 3.48. The van der Waals surface area contributed by atoms with Crippen LogP contribution in [-0.2, 0) is 0 Å². The van der Waals surface area contributed by atoms with Gasteiger partial charge in [0.1, 0.15) is 5.75 Å². The first-order valence-corrected chi connectivity index (χ1v) is 7.26. The minimum absolute atomic E-state index is 0.239. The number of rotatable bonds is 2. The van der Waals surface area contributed by atoms with Gasteiger partial charge in [0.05, 0.1) is 9.78 Å². The smallest absolute Gasteiger partial charge is 0.151 e. The van der Waals surface area contributed by atoms with Crippen molar-refractivity contribution >= 4 is 51.4 Å². The lowest BCUT2D eigenvalue weighted by Gasteiger charge is -2.03. The second kappa shape index (κ2) is 5.51. The summed E-state index contributed by atoms with van der Waals surface area (Å²) in [6, 6.07) is 3.78. The molecule has 2 aromatic rings. The van der Waals surface area contributed by atoms with Crippen LogP contribution in [0.2, 0.25) is 0 Å². The number of benzene rings is 1. The molecule has 0 unspecified atom stereocenters. The minimum atomic E-state index is 0.239. The Balaban J connectivity index is 2.41. The van der Waals surface area contributed by atoms with Crippen LogP contribution in [0.4, 0.5) is 0 Å². The molecular formula is C11H10I2N4O. The zero-order valence-electron chi connectivity index (χ0n) is 9.72. The Bertz CT molecular complexity index is 602. The summed E-state index contributed by atoms with van der Waals surface area (Å²) in [5, 5.41) is 22.1. The summed E-state index contributed by atoms with van der Waals surface area (Å²) in [6.07, 6.45) is 1.61. The molecule has 0 saturated carbocycles. The average Bonchev–Trinajstić information content (AvgIpc) is 2.62. The van der Waals surface area contributed by atoms with Crippen LogP contribution in [0.15, 0.2) is 17.2 Å². The number of aryl methyl sites for hydroxylation is 2. The normalized spacial score (nSPS) is 11.3. The third kappa shape index (κ3) is 2.82. The molecule has 1 aromatic carbocycles. The summed E-state index contributed by atoms with van der Waals surface area (Å²) in [5.74, 6) is 1.66. The van der Waals surface area contributed by atoms with Crippen molar-refractivity contribution in [3.05, 3.63) is 36.5 Å². The SMILES string of the molecule is Cc1nnc(C)n1/N=C\c1cc(I)cc(I)c1O. The van der Waals surface area contributed by atoms with E-state index in [0.29, 0.717) is 17.2 Å². The van der Waals surface area contributed by atoms with Crippen LogP contribution in [0, 0.1) is 21.0 Å². The van der Waals surface area contributed by atoms with Gasteiger partial charge in [0.25, 0.3) is 0 Å². The highest BCUT2D eigenvalue weighted by molar-refractivity contribution is 14.1. The maximum atomic E-state index is 9.95. The molecule has 0 aliphatic heterocycles. The van der Waals surface area contributed by atoms with E-state index in [2.05, 4.69) is 60.5 Å². The van der Waals surface area contributed by atoms with Crippen LogP contribution in [0.1, 0.15) is 17.2 Å². The van der Waals surface area contributed by atoms with Crippen LogP contribution in [0.5, 0.6) is 5.75 Å². The molecule has 0 atom stereocenters. The summed E-state index contributed by atoms with van der Waals surface area (Å²) in [7, 11) is 0. The maximum Gasteiger partial charge on any atom is 0.151 e. The highest BCUT2D eigenvalue weighted by atomic mass is 127. The van der Waals surface area contributed by atoms with Gasteiger partial charge in [0, 0.05) is 9.13 Å². The van der Waals surface area contributed by atoms with E-state index in [1.165, 1.54) is 0 Å². The van der Waals surface area contributed by atoms with Gasteiger partial charge in [-0.15, -0.1) is 10.2 Å². The molecule has 7 heteroatoms. The van der Waals surface area contributed by atoms with Gasteiger partial charge >= 0.3 is 0 Å². The van der Waals surface area contributed by atoms with Crippen LogP contribution in [-0.4, -0.2) is 26.2 Å². The van der Waals surface area contributed by atoms with Gasteiger partial charge in [-0.2, -0.15) is 5.10 Å². The maximum absolute atomic E-state index is 9.95. The largest absolute Gasteiger partial charge is 0.506 e. The number of aromatic hydroxyl groups is 1. The predicted octanol–water partition coefficient (Wildman–Crippen LogP) is 2.69. The first-order valence-electron chi connectivity index (χ1n) is 5.10. The zero-order valence-corrected chi connectivity index (χ0v) is 14.0. The second-order valence-electron chi connectivity index (χ2n) is 3.68. The van der Waals surface area contributed by atoms with Crippen molar-refractivity contribution in [1.82, 2.24) is 14.9 Å². The monoisotopic (exact) mass is 468 g/mol. The van der Waals surface area contributed by atoms with E-state index in [-0.39, 0.29) is 5.75 Å². The van der Waals surface area contributed by atoms with E-state index in [9.17, 15) is 5.11 Å². The molecule has 0 saturated heterocycles. The van der Waals surface area contributed by atoms with Crippen molar-refractivity contribution in [2.24, 2.45) is 5.10 Å². The molecule has 0 aliphatic carbocycles. The summed E-state index contributed by atoms with van der Waals surface area (Å²) in [6.45, 7) is 3.66. The second-order valence-corrected chi connectivity index (χ2v) is 6.08. The number of halogens is 2. The first-order chi connectivity index (χ1) is 8.49. The molecule has 1 heterocycles. The Labute approximate surface area is 132 Å². The molecule has 0 spiro atoms. The van der Waals surface area contributed by atoms with Crippen molar-refractivity contribution in [2.75, 3.05) is 0 Å². The topological polar surface area (TPSA) is 63.3 Å². The molecule has 1 N–H and O–H groups in total. The lowest BCUT2D eigenvalue weighted by Crippen LogP contribution is -1.97. The lowest BCUT2D eigenvalue weighted by atomic mass is 10.2. The Morgan fingerprint density at radius 1 is 1.22 bits per heavy atom. The standard InChI is InChI=1S/C11H10I2N4O/c1-6-15-16-7(2)17(6)14-5-8-3-9(12)4-10(13)11(8)18/h3-5,18H,1-2H3/b14-5-. The minimum Gasteiger partial charge on any atom is -0.506 e. The van der Waals surface area contributed by atoms with E-state index in [1.54, 1.807) is 10.9 Å². The molecule has 18 heavy (non-hydrogen) atoms. The van der Waals surface area contributed by atoms with Crippen molar-refractivity contribution in [1.29, 1.82) is 0 Å². The predicted molar refractivity (Wildman–Crippen MR) is 86.0 cm³/mol. The molecule has 0 amide bonds. The molecule has 5 nitrogen and oxygen atoms in total. The van der Waals surface area contributed by atoms with Crippen LogP contribution in [0.3, 0.4) is 0 Å². The van der Waals surface area contributed by atoms with E-state index in [1.807, 2.05) is 26.0 Å². The molecule has 0 bridgehead atoms. The molecular weight excluding hydrogens is 458 g/mol. The number of aromatic nitrogens is 3. The van der Waals surface area contributed by atoms with E-state index < -0.39 is 0 Å². The van der Waals surface area contributed by atoms with Gasteiger partial charge in [-0.05, 0) is 71.2 Å². The van der Waals surface area contributed by atoms with Gasteiger partial charge in [0.2, 0.25) is 0 Å². The van der Waals surface area contributed by atoms with Gasteiger partial charge in [-0.3, -0.25) is 0 Å². The highest BCUT2D eigenvalue weighted by Crippen LogP contribution is 2.25. The fourth-order valence-corrected chi connectivity index (χ4v) is 3.32. The number of phenols is 1. The molecule has 1 aromatic heterocycles. The fraction of sp³-hybridized carbons (Fsp3) is 0.182. The van der Waals surface area contributed by atoms with Gasteiger partial charge in [0.15, 0.2) is 11.6 Å². The fourth-order valence-electron chi connectivity index (χ4n) is 1.43. The van der Waals surface area contributed by atoms with E-state index in [0.717, 1.165) is 7.14 Å². The number of phenolic OH excluding ortho intramolecular Hbond substituents is 1. The summed E-state index contributed by atoms with van der Waals surface area (Å²) >= 11 is 4.30. The van der Waals surface area contributed by atoms with Crippen LogP contribution < -0.4 is 0 Å². The number of hydrogen-bond acceptors (Lipinski definition) is 4. The van der Waals surface area contributed by atoms with Crippen LogP contribution >= 0.6 is 45.2 Å². The average molecular weight is 468 g/mol. The summed E-state index contributed by atoms with van der Waals surface area (Å²) in [5.41, 5.74) is 0.679. The third-order valence-corrected chi connectivity index (χ3v) is 3.77. The van der Waals surface area contributed by atoms with Crippen molar-refractivity contribution in [3.8, 4) is 5.75 Å². The number of nitrogens with zero attached hydrogens (tertiary/aromatic N) is 4. The Morgan fingerprint density at radius 2 is 1.83 bits per heavy atom. The molecule has 0 fully saturated rings. The highest BCUT2D eigenvalue weighted by Gasteiger charge is 2.06. The van der Waals surface area contributed by atoms with E-state index in [4.69, 9.17) is 0 Å². The zero-order chi connectivity index (χ0) is 13.3. The molecule has 0 radical (unpaired) electrons. The van der Waals surface area contributed by atoms with Gasteiger partial charge < -0.3 is 5.11 Å². The van der Waals surface area contributed by atoms with Crippen LogP contribution in [0.25, 0.3) is 0 Å². The van der Waals surface area contributed by atoms with Gasteiger partial charge in [-0.1, -0.05) is 0 Å². The quantitative estimate of drug-likeness (QED) is 0.545. The molecule has 2 rings (SSSR count). The Morgan fingerprint density at radius 3 is 2.44 bits per heavy atom. The van der Waals surface area contributed by atoms with Gasteiger partial charge in [-0.25, -0.2) is 4.68 Å². The van der Waals surface area contributed by atoms with Crippen molar-refractivity contribution in [3.63, 3.8) is 0 Å². The van der Waals surface area contributed by atoms with Crippen molar-refractivity contribution in [2.45, 2.75) is 13.8 Å². The third-order valence-electron chi connectivity index (χ3n) is 2.32. The Hall–Kier alpha value is -0.710. The Kier molecular flexibility index (Phi) is 4.20. The van der Waals surface area contributed by atoms with Crippen molar-refractivity contribution < 1.29 is 5.11 Å².